The second-order valence-electron chi connectivity index (χ2n) is 6.89. The molecular weight excluding hydrogens is 314 g/mol. The number of amides is 1. The second kappa shape index (κ2) is 10.7. The van der Waals surface area contributed by atoms with Crippen molar-refractivity contribution in [3.8, 4) is 0 Å². The van der Waals surface area contributed by atoms with Gasteiger partial charge in [0.05, 0.1) is 6.54 Å². The Bertz CT molecular complexity index is 563. The summed E-state index contributed by atoms with van der Waals surface area (Å²) >= 11 is 0. The number of carbonyl (C=O) groups is 1. The molecule has 0 fully saturated rings. The van der Waals surface area contributed by atoms with Gasteiger partial charge < -0.3 is 21.3 Å². The summed E-state index contributed by atoms with van der Waals surface area (Å²) in [5.74, 6) is 0.761. The monoisotopic (exact) mass is 347 g/mol. The molecule has 0 aliphatic rings. The Morgan fingerprint density at radius 2 is 1.92 bits per heavy atom. The number of carbonyl (C=O) groups excluding carboxylic acids is 1. The zero-order chi connectivity index (χ0) is 18.7. The Labute approximate surface area is 151 Å². The van der Waals surface area contributed by atoms with Crippen LogP contribution in [0.3, 0.4) is 0 Å². The Morgan fingerprint density at radius 3 is 2.56 bits per heavy atom. The Hall–Kier alpha value is -2.08. The third kappa shape index (κ3) is 9.10. The highest BCUT2D eigenvalue weighted by atomic mass is 16.1. The zero-order valence-electron chi connectivity index (χ0n) is 16.2. The molecule has 1 amide bonds. The maximum Gasteiger partial charge on any atom is 0.251 e. The second-order valence-corrected chi connectivity index (χ2v) is 6.89. The van der Waals surface area contributed by atoms with Gasteiger partial charge in [-0.1, -0.05) is 12.1 Å². The van der Waals surface area contributed by atoms with Gasteiger partial charge in [0, 0.05) is 37.8 Å². The van der Waals surface area contributed by atoms with Crippen LogP contribution in [0.15, 0.2) is 29.3 Å². The van der Waals surface area contributed by atoms with Crippen LogP contribution in [0.2, 0.25) is 0 Å². The van der Waals surface area contributed by atoms with Crippen LogP contribution in [-0.2, 0) is 6.42 Å². The SMILES string of the molecule is CCNC(=NCCNC(C)(C)C)NCCc1cccc(C(=O)NC)c1. The van der Waals surface area contributed by atoms with Crippen LogP contribution < -0.4 is 21.3 Å². The summed E-state index contributed by atoms with van der Waals surface area (Å²) in [6, 6.07) is 7.70. The predicted molar refractivity (Wildman–Crippen MR) is 105 cm³/mol. The van der Waals surface area contributed by atoms with Gasteiger partial charge in [0.15, 0.2) is 5.96 Å². The lowest BCUT2D eigenvalue weighted by Crippen LogP contribution is -2.40. The van der Waals surface area contributed by atoms with E-state index in [0.29, 0.717) is 5.56 Å². The van der Waals surface area contributed by atoms with Crippen molar-refractivity contribution in [3.63, 3.8) is 0 Å². The fraction of sp³-hybridized carbons (Fsp3) is 0.579. The zero-order valence-corrected chi connectivity index (χ0v) is 16.2. The van der Waals surface area contributed by atoms with E-state index >= 15 is 0 Å². The van der Waals surface area contributed by atoms with Gasteiger partial charge in [0.25, 0.3) is 5.91 Å². The van der Waals surface area contributed by atoms with Crippen molar-refractivity contribution in [1.29, 1.82) is 0 Å². The lowest BCUT2D eigenvalue weighted by Gasteiger charge is -2.20. The highest BCUT2D eigenvalue weighted by Crippen LogP contribution is 2.05. The molecule has 1 rings (SSSR count). The van der Waals surface area contributed by atoms with Crippen molar-refractivity contribution in [2.45, 2.75) is 39.7 Å². The summed E-state index contributed by atoms with van der Waals surface area (Å²) in [5, 5.41) is 12.7. The third-order valence-electron chi connectivity index (χ3n) is 3.50. The van der Waals surface area contributed by atoms with Crippen molar-refractivity contribution in [3.05, 3.63) is 35.4 Å². The van der Waals surface area contributed by atoms with Crippen molar-refractivity contribution in [2.75, 3.05) is 33.2 Å². The van der Waals surface area contributed by atoms with E-state index in [4.69, 9.17) is 0 Å². The molecule has 1 aromatic rings. The van der Waals surface area contributed by atoms with Gasteiger partial charge >= 0.3 is 0 Å². The summed E-state index contributed by atoms with van der Waals surface area (Å²) in [7, 11) is 1.64. The summed E-state index contributed by atoms with van der Waals surface area (Å²) in [4.78, 5) is 16.3. The van der Waals surface area contributed by atoms with Crippen LogP contribution in [-0.4, -0.2) is 50.6 Å². The topological polar surface area (TPSA) is 77.6 Å². The van der Waals surface area contributed by atoms with Crippen LogP contribution in [0.1, 0.15) is 43.6 Å². The Morgan fingerprint density at radius 1 is 1.16 bits per heavy atom. The van der Waals surface area contributed by atoms with E-state index in [-0.39, 0.29) is 11.4 Å². The summed E-state index contributed by atoms with van der Waals surface area (Å²) in [5.41, 5.74) is 1.92. The van der Waals surface area contributed by atoms with Crippen LogP contribution in [0.5, 0.6) is 0 Å². The van der Waals surface area contributed by atoms with Gasteiger partial charge in [0.1, 0.15) is 0 Å². The summed E-state index contributed by atoms with van der Waals surface area (Å²) in [6.07, 6.45) is 0.829. The lowest BCUT2D eigenvalue weighted by molar-refractivity contribution is 0.0963. The highest BCUT2D eigenvalue weighted by molar-refractivity contribution is 5.94. The first-order valence-electron chi connectivity index (χ1n) is 8.94. The fourth-order valence-corrected chi connectivity index (χ4v) is 2.28. The average molecular weight is 348 g/mol. The smallest absolute Gasteiger partial charge is 0.251 e. The minimum Gasteiger partial charge on any atom is -0.357 e. The predicted octanol–water partition coefficient (Wildman–Crippen LogP) is 1.53. The molecule has 0 radical (unpaired) electrons. The molecule has 0 spiro atoms. The van der Waals surface area contributed by atoms with Gasteiger partial charge in [-0.25, -0.2) is 0 Å². The van der Waals surface area contributed by atoms with E-state index in [1.165, 1.54) is 0 Å². The molecule has 140 valence electrons. The molecule has 25 heavy (non-hydrogen) atoms. The first kappa shape index (κ1) is 21.0. The number of nitrogens with one attached hydrogen (secondary N) is 4. The molecule has 0 heterocycles. The van der Waals surface area contributed by atoms with E-state index in [1.807, 2.05) is 24.3 Å². The molecule has 4 N–H and O–H groups in total. The summed E-state index contributed by atoms with van der Waals surface area (Å²) in [6.45, 7) is 11.6. The molecule has 0 unspecified atom stereocenters. The van der Waals surface area contributed by atoms with Crippen molar-refractivity contribution >= 4 is 11.9 Å². The molecule has 0 saturated heterocycles. The van der Waals surface area contributed by atoms with Gasteiger partial charge in [-0.3, -0.25) is 9.79 Å². The van der Waals surface area contributed by atoms with Crippen LogP contribution in [0.25, 0.3) is 0 Å². The largest absolute Gasteiger partial charge is 0.357 e. The first-order chi connectivity index (χ1) is 11.9. The number of rotatable bonds is 8. The van der Waals surface area contributed by atoms with Gasteiger partial charge in [0.2, 0.25) is 0 Å². The highest BCUT2D eigenvalue weighted by Gasteiger charge is 2.07. The Balaban J connectivity index is 2.48. The molecule has 1 aromatic carbocycles. The molecule has 0 aliphatic heterocycles. The number of hydrogen-bond donors (Lipinski definition) is 4. The molecule has 0 saturated carbocycles. The fourth-order valence-electron chi connectivity index (χ4n) is 2.28. The van der Waals surface area contributed by atoms with Crippen molar-refractivity contribution < 1.29 is 4.79 Å². The minimum atomic E-state index is -0.0592. The number of guanidine groups is 1. The third-order valence-corrected chi connectivity index (χ3v) is 3.50. The van der Waals surface area contributed by atoms with E-state index < -0.39 is 0 Å². The standard InChI is InChI=1S/C19H33N5O/c1-6-21-18(23-12-13-24-19(2,3)4)22-11-10-15-8-7-9-16(14-15)17(25)20-5/h7-9,14,24H,6,10-13H2,1-5H3,(H,20,25)(H2,21,22,23). The number of hydrogen-bond acceptors (Lipinski definition) is 3. The average Bonchev–Trinajstić information content (AvgIpc) is 2.57. The van der Waals surface area contributed by atoms with E-state index in [9.17, 15) is 4.79 Å². The molecule has 6 heteroatoms. The van der Waals surface area contributed by atoms with E-state index in [1.54, 1.807) is 7.05 Å². The molecule has 0 bridgehead atoms. The van der Waals surface area contributed by atoms with Crippen LogP contribution >= 0.6 is 0 Å². The van der Waals surface area contributed by atoms with Gasteiger partial charge in [-0.05, 0) is 51.8 Å². The molecule has 0 atom stereocenters. The quantitative estimate of drug-likeness (QED) is 0.327. The van der Waals surface area contributed by atoms with Crippen LogP contribution in [0.4, 0.5) is 0 Å². The Kier molecular flexibility index (Phi) is 8.99. The molecule has 0 aliphatic carbocycles. The maximum atomic E-state index is 11.7. The molecule has 6 nitrogen and oxygen atoms in total. The minimum absolute atomic E-state index is 0.0592. The van der Waals surface area contributed by atoms with Gasteiger partial charge in [-0.15, -0.1) is 0 Å². The lowest BCUT2D eigenvalue weighted by atomic mass is 10.1. The molecule has 0 aromatic heterocycles. The number of nitrogens with zero attached hydrogens (tertiary/aromatic N) is 1. The number of benzene rings is 1. The van der Waals surface area contributed by atoms with Crippen molar-refractivity contribution in [1.82, 2.24) is 21.3 Å². The van der Waals surface area contributed by atoms with Crippen molar-refractivity contribution in [2.24, 2.45) is 4.99 Å². The van der Waals surface area contributed by atoms with E-state index in [2.05, 4.69) is 54.0 Å². The first-order valence-corrected chi connectivity index (χ1v) is 8.94. The molecular formula is C19H33N5O. The van der Waals surface area contributed by atoms with E-state index in [0.717, 1.165) is 44.1 Å². The van der Waals surface area contributed by atoms with Crippen LogP contribution in [0, 0.1) is 0 Å². The van der Waals surface area contributed by atoms with Gasteiger partial charge in [-0.2, -0.15) is 0 Å². The number of aliphatic imine (C=N–C) groups is 1. The summed E-state index contributed by atoms with van der Waals surface area (Å²) < 4.78 is 0. The maximum absolute atomic E-state index is 11.7. The normalized spacial score (nSPS) is 12.0.